The fraction of sp³-hybridized carbons (Fsp3) is 0.500. The maximum Gasteiger partial charge on any atom is 0.243 e. The van der Waals surface area contributed by atoms with E-state index in [0.29, 0.717) is 6.54 Å². The average Bonchev–Trinajstić information content (AvgIpc) is 3.00. The number of nitrogens with one attached hydrogen (secondary N) is 1. The topological polar surface area (TPSA) is 72.2 Å². The summed E-state index contributed by atoms with van der Waals surface area (Å²) in [6.07, 6.45) is 1.99. The van der Waals surface area contributed by atoms with E-state index in [9.17, 15) is 12.8 Å². The van der Waals surface area contributed by atoms with Crippen molar-refractivity contribution < 1.29 is 12.8 Å². The first-order valence-corrected chi connectivity index (χ1v) is 7.27. The number of benzene rings is 1. The molecule has 1 saturated carbocycles. The number of hydrogen-bond donors (Lipinski definition) is 2. The smallest absolute Gasteiger partial charge is 0.243 e. The highest BCUT2D eigenvalue weighted by Gasteiger charge is 2.38. The van der Waals surface area contributed by atoms with Gasteiger partial charge in [0.15, 0.2) is 0 Å². The van der Waals surface area contributed by atoms with Gasteiger partial charge in [-0.2, -0.15) is 0 Å². The number of aryl methyl sites for hydroxylation is 1. The van der Waals surface area contributed by atoms with Crippen LogP contribution in [0, 0.1) is 18.2 Å². The highest BCUT2D eigenvalue weighted by molar-refractivity contribution is 7.89. The molecule has 0 saturated heterocycles. The number of halogens is 1. The first-order chi connectivity index (χ1) is 8.23. The van der Waals surface area contributed by atoms with Crippen LogP contribution in [0.1, 0.15) is 25.3 Å². The summed E-state index contributed by atoms with van der Waals surface area (Å²) in [5.74, 6) is -0.738. The molecule has 1 aliphatic carbocycles. The van der Waals surface area contributed by atoms with Crippen molar-refractivity contribution in [2.75, 3.05) is 12.3 Å². The fourth-order valence-electron chi connectivity index (χ4n) is 1.70. The first kappa shape index (κ1) is 13.3. The molecular weight excluding hydrogens is 255 g/mol. The van der Waals surface area contributed by atoms with E-state index in [0.717, 1.165) is 18.9 Å². The Labute approximate surface area is 106 Å². The molecule has 100 valence electrons. The molecule has 0 aliphatic heterocycles. The Hall–Kier alpha value is -1.14. The molecule has 0 heterocycles. The summed E-state index contributed by atoms with van der Waals surface area (Å²) >= 11 is 0. The first-order valence-electron chi connectivity index (χ1n) is 5.79. The van der Waals surface area contributed by atoms with Gasteiger partial charge in [-0.25, -0.2) is 17.5 Å². The third kappa shape index (κ3) is 2.64. The lowest BCUT2D eigenvalue weighted by molar-refractivity contribution is 0.521. The maximum absolute atomic E-state index is 13.8. The van der Waals surface area contributed by atoms with Crippen molar-refractivity contribution in [3.05, 3.63) is 23.5 Å². The Morgan fingerprint density at radius 2 is 2.06 bits per heavy atom. The van der Waals surface area contributed by atoms with Crippen molar-refractivity contribution in [2.45, 2.75) is 31.6 Å². The van der Waals surface area contributed by atoms with Gasteiger partial charge in [-0.05, 0) is 42.9 Å². The van der Waals surface area contributed by atoms with E-state index in [1.807, 2.05) is 6.92 Å². The quantitative estimate of drug-likeness (QED) is 0.821. The van der Waals surface area contributed by atoms with E-state index in [1.54, 1.807) is 0 Å². The van der Waals surface area contributed by atoms with E-state index < -0.39 is 15.8 Å². The highest BCUT2D eigenvalue weighted by atomic mass is 32.2. The Morgan fingerprint density at radius 1 is 1.44 bits per heavy atom. The van der Waals surface area contributed by atoms with E-state index >= 15 is 0 Å². The van der Waals surface area contributed by atoms with E-state index in [1.165, 1.54) is 13.0 Å². The van der Waals surface area contributed by atoms with Crippen LogP contribution in [0.5, 0.6) is 0 Å². The lowest BCUT2D eigenvalue weighted by Crippen LogP contribution is -2.30. The van der Waals surface area contributed by atoms with Gasteiger partial charge in [0.1, 0.15) is 10.7 Å². The van der Waals surface area contributed by atoms with Crippen molar-refractivity contribution >= 4 is 15.7 Å². The summed E-state index contributed by atoms with van der Waals surface area (Å²) in [4.78, 5) is -0.371. The summed E-state index contributed by atoms with van der Waals surface area (Å²) in [5, 5.41) is 0. The Balaban J connectivity index is 2.29. The van der Waals surface area contributed by atoms with Crippen molar-refractivity contribution in [3.63, 3.8) is 0 Å². The minimum Gasteiger partial charge on any atom is -0.399 e. The maximum atomic E-state index is 13.8. The fourth-order valence-corrected chi connectivity index (χ4v) is 3.08. The Morgan fingerprint density at radius 3 is 2.61 bits per heavy atom. The van der Waals surface area contributed by atoms with Gasteiger partial charge in [-0.3, -0.25) is 0 Å². The van der Waals surface area contributed by atoms with Crippen LogP contribution in [0.25, 0.3) is 0 Å². The molecule has 18 heavy (non-hydrogen) atoms. The van der Waals surface area contributed by atoms with Gasteiger partial charge >= 0.3 is 0 Å². The van der Waals surface area contributed by atoms with Crippen LogP contribution in [0.2, 0.25) is 0 Å². The lowest BCUT2D eigenvalue weighted by atomic mass is 10.2. The molecule has 0 amide bonds. The summed E-state index contributed by atoms with van der Waals surface area (Å²) in [5.41, 5.74) is 6.06. The number of anilines is 1. The van der Waals surface area contributed by atoms with Crippen LogP contribution in [-0.2, 0) is 10.0 Å². The normalized spacial score (nSPS) is 17.7. The standard InChI is InChI=1S/C12H17FN2O2S/c1-8-5-9(14)6-10(11(8)13)18(16,17)15-7-12(2)3-4-12/h5-6,15H,3-4,7,14H2,1-2H3. The summed E-state index contributed by atoms with van der Waals surface area (Å²) < 4.78 is 40.3. The minimum atomic E-state index is -3.83. The predicted molar refractivity (Wildman–Crippen MR) is 68.1 cm³/mol. The van der Waals surface area contributed by atoms with Crippen molar-refractivity contribution in [1.82, 2.24) is 4.72 Å². The van der Waals surface area contributed by atoms with Crippen LogP contribution in [0.3, 0.4) is 0 Å². The Bertz CT molecular complexity index is 580. The number of nitrogen functional groups attached to an aromatic ring is 1. The molecular formula is C12H17FN2O2S. The molecule has 3 N–H and O–H groups in total. The number of rotatable bonds is 4. The van der Waals surface area contributed by atoms with Gasteiger partial charge in [-0.1, -0.05) is 6.92 Å². The van der Waals surface area contributed by atoms with Crippen LogP contribution >= 0.6 is 0 Å². The monoisotopic (exact) mass is 272 g/mol. The molecule has 1 aliphatic rings. The van der Waals surface area contributed by atoms with Crippen LogP contribution in [0.4, 0.5) is 10.1 Å². The van der Waals surface area contributed by atoms with Gasteiger partial charge in [0.2, 0.25) is 10.0 Å². The van der Waals surface area contributed by atoms with Gasteiger partial charge < -0.3 is 5.73 Å². The zero-order valence-corrected chi connectivity index (χ0v) is 11.3. The minimum absolute atomic E-state index is 0.0267. The molecule has 1 aromatic carbocycles. The molecule has 0 spiro atoms. The van der Waals surface area contributed by atoms with Gasteiger partial charge in [0.25, 0.3) is 0 Å². The SMILES string of the molecule is Cc1cc(N)cc(S(=O)(=O)NCC2(C)CC2)c1F. The second-order valence-corrected chi connectivity index (χ2v) is 7.02. The van der Waals surface area contributed by atoms with Crippen LogP contribution in [-0.4, -0.2) is 15.0 Å². The summed E-state index contributed by atoms with van der Waals surface area (Å²) in [6.45, 7) is 3.83. The molecule has 1 aromatic rings. The summed E-state index contributed by atoms with van der Waals surface area (Å²) in [6, 6.07) is 2.57. The molecule has 6 heteroatoms. The molecule has 0 radical (unpaired) electrons. The number of nitrogens with two attached hydrogens (primary N) is 1. The average molecular weight is 272 g/mol. The van der Waals surface area contributed by atoms with Gasteiger partial charge in [-0.15, -0.1) is 0 Å². The van der Waals surface area contributed by atoms with Crippen LogP contribution < -0.4 is 10.5 Å². The van der Waals surface area contributed by atoms with Crippen LogP contribution in [0.15, 0.2) is 17.0 Å². The second-order valence-electron chi connectivity index (χ2n) is 5.29. The van der Waals surface area contributed by atoms with Gasteiger partial charge in [0, 0.05) is 12.2 Å². The number of sulfonamides is 1. The summed E-state index contributed by atoms with van der Waals surface area (Å²) in [7, 11) is -3.83. The molecule has 0 unspecified atom stereocenters. The van der Waals surface area contributed by atoms with Crippen molar-refractivity contribution in [1.29, 1.82) is 0 Å². The Kier molecular flexibility index (Phi) is 3.11. The highest BCUT2D eigenvalue weighted by Crippen LogP contribution is 2.44. The largest absolute Gasteiger partial charge is 0.399 e. The van der Waals surface area contributed by atoms with E-state index in [-0.39, 0.29) is 21.6 Å². The molecule has 0 aromatic heterocycles. The van der Waals surface area contributed by atoms with E-state index in [4.69, 9.17) is 5.73 Å². The zero-order valence-electron chi connectivity index (χ0n) is 10.5. The van der Waals surface area contributed by atoms with E-state index in [2.05, 4.69) is 4.72 Å². The van der Waals surface area contributed by atoms with Gasteiger partial charge in [0.05, 0.1) is 0 Å². The zero-order chi connectivity index (χ0) is 13.6. The molecule has 1 fully saturated rings. The number of hydrogen-bond acceptors (Lipinski definition) is 3. The van der Waals surface area contributed by atoms with Crippen molar-refractivity contribution in [3.8, 4) is 0 Å². The third-order valence-corrected chi connectivity index (χ3v) is 4.73. The molecule has 0 bridgehead atoms. The lowest BCUT2D eigenvalue weighted by Gasteiger charge is -2.12. The predicted octanol–water partition coefficient (Wildman–Crippen LogP) is 1.79. The third-order valence-electron chi connectivity index (χ3n) is 3.33. The molecule has 2 rings (SSSR count). The molecule has 4 nitrogen and oxygen atoms in total. The van der Waals surface area contributed by atoms with Crippen molar-refractivity contribution in [2.24, 2.45) is 5.41 Å². The molecule has 0 atom stereocenters. The second kappa shape index (κ2) is 4.20.